The number of fused-ring (bicyclic) bond motifs is 1. The quantitative estimate of drug-likeness (QED) is 0.397. The molecular formula is C30H30N4O4. The number of rotatable bonds is 5. The van der Waals surface area contributed by atoms with E-state index in [1.165, 1.54) is 7.11 Å². The third-order valence-electron chi connectivity index (χ3n) is 6.86. The fourth-order valence-electron chi connectivity index (χ4n) is 5.18. The van der Waals surface area contributed by atoms with Crippen LogP contribution in [0.3, 0.4) is 0 Å². The summed E-state index contributed by atoms with van der Waals surface area (Å²) < 4.78 is 4.82. The van der Waals surface area contributed by atoms with Crippen LogP contribution in [-0.2, 0) is 9.53 Å². The van der Waals surface area contributed by atoms with E-state index in [4.69, 9.17) is 9.73 Å². The second-order valence-corrected chi connectivity index (χ2v) is 9.80. The fraction of sp³-hybridized carbons (Fsp3) is 0.267. The molecule has 194 valence electrons. The SMILES string of the molecule is COC(=O)c1ccc2c(c1)NC(=O)C2C(=Nc1ccc(C(=O)N2C[C@@H](C)N[C@@H](C)C2)cc1)c1ccccc1. The highest BCUT2D eigenvalue weighted by Crippen LogP contribution is 2.37. The fourth-order valence-corrected chi connectivity index (χ4v) is 5.18. The predicted octanol–water partition coefficient (Wildman–Crippen LogP) is 4.15. The van der Waals surface area contributed by atoms with Crippen molar-refractivity contribution in [2.24, 2.45) is 4.99 Å². The van der Waals surface area contributed by atoms with E-state index < -0.39 is 11.9 Å². The number of hydrogen-bond acceptors (Lipinski definition) is 6. The Labute approximate surface area is 221 Å². The van der Waals surface area contributed by atoms with Crippen molar-refractivity contribution in [2.45, 2.75) is 31.8 Å². The summed E-state index contributed by atoms with van der Waals surface area (Å²) in [4.78, 5) is 45.1. The van der Waals surface area contributed by atoms with Gasteiger partial charge in [-0.2, -0.15) is 0 Å². The number of nitrogens with zero attached hydrogens (tertiary/aromatic N) is 2. The van der Waals surface area contributed by atoms with E-state index in [9.17, 15) is 14.4 Å². The molecule has 0 saturated carbocycles. The zero-order valence-corrected chi connectivity index (χ0v) is 21.6. The topological polar surface area (TPSA) is 100 Å². The average molecular weight is 511 g/mol. The molecule has 2 aliphatic heterocycles. The highest BCUT2D eigenvalue weighted by molar-refractivity contribution is 6.24. The summed E-state index contributed by atoms with van der Waals surface area (Å²) >= 11 is 0. The van der Waals surface area contributed by atoms with Crippen molar-refractivity contribution in [3.05, 3.63) is 95.1 Å². The molecule has 3 aromatic rings. The van der Waals surface area contributed by atoms with Crippen LogP contribution in [0, 0.1) is 0 Å². The molecule has 38 heavy (non-hydrogen) atoms. The van der Waals surface area contributed by atoms with Crippen molar-refractivity contribution < 1.29 is 19.1 Å². The smallest absolute Gasteiger partial charge is 0.337 e. The number of nitrogens with one attached hydrogen (secondary N) is 2. The molecule has 2 N–H and O–H groups in total. The van der Waals surface area contributed by atoms with E-state index in [-0.39, 0.29) is 23.9 Å². The number of methoxy groups -OCH3 is 1. The lowest BCUT2D eigenvalue weighted by Crippen LogP contribution is -2.55. The van der Waals surface area contributed by atoms with Gasteiger partial charge in [0, 0.05) is 36.4 Å². The summed E-state index contributed by atoms with van der Waals surface area (Å²) in [6, 6.07) is 22.2. The third-order valence-corrected chi connectivity index (χ3v) is 6.86. The molecule has 8 heteroatoms. The number of amides is 2. The van der Waals surface area contributed by atoms with E-state index in [0.29, 0.717) is 41.3 Å². The lowest BCUT2D eigenvalue weighted by molar-refractivity contribution is -0.115. The average Bonchev–Trinajstić information content (AvgIpc) is 3.25. The number of aliphatic imine (C=N–C) groups is 1. The number of benzene rings is 3. The number of hydrogen-bond donors (Lipinski definition) is 2. The Morgan fingerprint density at radius 2 is 1.55 bits per heavy atom. The van der Waals surface area contributed by atoms with E-state index in [2.05, 4.69) is 24.5 Å². The molecule has 0 aromatic heterocycles. The van der Waals surface area contributed by atoms with E-state index in [0.717, 1.165) is 11.1 Å². The van der Waals surface area contributed by atoms with Gasteiger partial charge in [0.2, 0.25) is 5.91 Å². The van der Waals surface area contributed by atoms with Gasteiger partial charge in [-0.25, -0.2) is 4.79 Å². The van der Waals surface area contributed by atoms with Gasteiger partial charge >= 0.3 is 5.97 Å². The zero-order valence-electron chi connectivity index (χ0n) is 21.6. The van der Waals surface area contributed by atoms with Crippen LogP contribution < -0.4 is 10.6 Å². The first-order valence-electron chi connectivity index (χ1n) is 12.7. The molecule has 2 heterocycles. The second kappa shape index (κ2) is 10.6. The number of piperazine rings is 1. The Bertz CT molecular complexity index is 1390. The first kappa shape index (κ1) is 25.4. The molecule has 3 atom stereocenters. The van der Waals surface area contributed by atoms with Gasteiger partial charge in [0.1, 0.15) is 5.92 Å². The van der Waals surface area contributed by atoms with Crippen LogP contribution in [0.15, 0.2) is 77.8 Å². The predicted molar refractivity (Wildman–Crippen MR) is 146 cm³/mol. The molecule has 3 aromatic carbocycles. The molecular weight excluding hydrogens is 480 g/mol. The Morgan fingerprint density at radius 3 is 2.21 bits per heavy atom. The van der Waals surface area contributed by atoms with Gasteiger partial charge in [0.15, 0.2) is 0 Å². The van der Waals surface area contributed by atoms with Crippen molar-refractivity contribution in [1.29, 1.82) is 0 Å². The van der Waals surface area contributed by atoms with Crippen molar-refractivity contribution in [2.75, 3.05) is 25.5 Å². The zero-order chi connectivity index (χ0) is 26.8. The first-order chi connectivity index (χ1) is 18.3. The van der Waals surface area contributed by atoms with Crippen molar-refractivity contribution in [3.63, 3.8) is 0 Å². The highest BCUT2D eigenvalue weighted by atomic mass is 16.5. The maximum absolute atomic E-state index is 13.2. The third kappa shape index (κ3) is 5.08. The molecule has 5 rings (SSSR count). The maximum Gasteiger partial charge on any atom is 0.337 e. The first-order valence-corrected chi connectivity index (χ1v) is 12.7. The van der Waals surface area contributed by atoms with Crippen molar-refractivity contribution in [3.8, 4) is 0 Å². The van der Waals surface area contributed by atoms with Gasteiger partial charge < -0.3 is 20.3 Å². The Hall–Kier alpha value is -4.30. The molecule has 0 radical (unpaired) electrons. The van der Waals surface area contributed by atoms with Crippen LogP contribution >= 0.6 is 0 Å². The Morgan fingerprint density at radius 1 is 0.895 bits per heavy atom. The molecule has 0 bridgehead atoms. The molecule has 8 nitrogen and oxygen atoms in total. The van der Waals surface area contributed by atoms with Crippen LogP contribution in [0.1, 0.15) is 51.6 Å². The standard InChI is InChI=1S/C30H30N4O4/c1-18-16-34(17-19(2)31-18)29(36)21-9-12-23(13-10-21)32-27(20-7-5-4-6-8-20)26-24-14-11-22(30(37)38-3)15-25(24)33-28(26)35/h4-15,18-19,26,31H,16-17H2,1-3H3,(H,33,35)/t18-,19+,26?. The normalized spacial score (nSPS) is 21.0. The summed E-state index contributed by atoms with van der Waals surface area (Å²) in [6.07, 6.45) is 0. The van der Waals surface area contributed by atoms with Crippen LogP contribution in [0.25, 0.3) is 0 Å². The monoisotopic (exact) mass is 510 g/mol. The van der Waals surface area contributed by atoms with Gasteiger partial charge in [-0.3, -0.25) is 14.6 Å². The molecule has 1 fully saturated rings. The lowest BCUT2D eigenvalue weighted by Gasteiger charge is -2.36. The summed E-state index contributed by atoms with van der Waals surface area (Å²) in [5.41, 5.74) is 4.28. The van der Waals surface area contributed by atoms with E-state index >= 15 is 0 Å². The number of ether oxygens (including phenoxy) is 1. The number of esters is 1. The molecule has 2 amide bonds. The minimum Gasteiger partial charge on any atom is -0.465 e. The summed E-state index contributed by atoms with van der Waals surface area (Å²) in [6.45, 7) is 5.48. The van der Waals surface area contributed by atoms with Crippen LogP contribution in [0.2, 0.25) is 0 Å². The highest BCUT2D eigenvalue weighted by Gasteiger charge is 2.36. The largest absolute Gasteiger partial charge is 0.465 e. The maximum atomic E-state index is 13.2. The molecule has 2 aliphatic rings. The summed E-state index contributed by atoms with van der Waals surface area (Å²) in [5.74, 6) is -1.36. The van der Waals surface area contributed by atoms with Crippen LogP contribution in [-0.4, -0.2) is 60.7 Å². The Kier molecular flexibility index (Phi) is 7.07. The number of carbonyl (C=O) groups excluding carboxylic acids is 3. The van der Waals surface area contributed by atoms with Gasteiger partial charge in [-0.1, -0.05) is 36.4 Å². The van der Waals surface area contributed by atoms with Gasteiger partial charge in [-0.05, 0) is 61.4 Å². The number of anilines is 1. The summed E-state index contributed by atoms with van der Waals surface area (Å²) in [5, 5.41) is 6.33. The lowest BCUT2D eigenvalue weighted by atomic mass is 9.90. The number of carbonyl (C=O) groups is 3. The molecule has 1 unspecified atom stereocenters. The van der Waals surface area contributed by atoms with Crippen LogP contribution in [0.4, 0.5) is 11.4 Å². The van der Waals surface area contributed by atoms with Gasteiger partial charge in [0.25, 0.3) is 5.91 Å². The molecule has 1 saturated heterocycles. The summed E-state index contributed by atoms with van der Waals surface area (Å²) in [7, 11) is 1.32. The van der Waals surface area contributed by atoms with Gasteiger partial charge in [0.05, 0.1) is 24.1 Å². The molecule has 0 spiro atoms. The van der Waals surface area contributed by atoms with Crippen LogP contribution in [0.5, 0.6) is 0 Å². The van der Waals surface area contributed by atoms with Gasteiger partial charge in [-0.15, -0.1) is 0 Å². The minimum atomic E-state index is -0.663. The second-order valence-electron chi connectivity index (χ2n) is 9.80. The molecule has 0 aliphatic carbocycles. The van der Waals surface area contributed by atoms with E-state index in [1.807, 2.05) is 35.2 Å². The Balaban J connectivity index is 1.48. The minimum absolute atomic E-state index is 0.00507. The van der Waals surface area contributed by atoms with Crippen molar-refractivity contribution >= 4 is 34.9 Å². The van der Waals surface area contributed by atoms with E-state index in [1.54, 1.807) is 42.5 Å². The van der Waals surface area contributed by atoms with Crippen molar-refractivity contribution in [1.82, 2.24) is 10.2 Å².